The molecule has 0 fully saturated rings. The Morgan fingerprint density at radius 3 is 2.31 bits per heavy atom. The van der Waals surface area contributed by atoms with E-state index in [0.717, 1.165) is 6.07 Å². The number of anilines is 1. The highest BCUT2D eigenvalue weighted by Crippen LogP contribution is 2.30. The molecule has 0 N–H and O–H groups in total. The van der Waals surface area contributed by atoms with Crippen molar-refractivity contribution in [1.29, 1.82) is 0 Å². The molecule has 1 aromatic rings. The number of benzene rings is 1. The van der Waals surface area contributed by atoms with Crippen molar-refractivity contribution in [3.05, 3.63) is 28.3 Å². The van der Waals surface area contributed by atoms with Gasteiger partial charge in [0, 0.05) is 36.9 Å². The van der Waals surface area contributed by atoms with Crippen molar-refractivity contribution < 1.29 is 13.3 Å². The first kappa shape index (κ1) is 12.7. The highest BCUT2D eigenvalue weighted by atomic mass is 35.7. The third kappa shape index (κ3) is 2.61. The standard InChI is InChI=1S/C8H9ClN2O4S/c1-10(2)7-4-3-6(11(12)13)5-8(7)16(9,14)15/h3-5H,1-2H3. The fourth-order valence-electron chi connectivity index (χ4n) is 1.18. The van der Waals surface area contributed by atoms with Crippen molar-refractivity contribution in [2.24, 2.45) is 0 Å². The van der Waals surface area contributed by atoms with Crippen molar-refractivity contribution in [3.63, 3.8) is 0 Å². The van der Waals surface area contributed by atoms with E-state index in [9.17, 15) is 18.5 Å². The fourth-order valence-corrected chi connectivity index (χ4v) is 2.31. The number of nitro groups is 1. The summed E-state index contributed by atoms with van der Waals surface area (Å²) in [6.45, 7) is 0. The lowest BCUT2D eigenvalue weighted by Gasteiger charge is -2.15. The van der Waals surface area contributed by atoms with Gasteiger partial charge in [0.25, 0.3) is 14.7 Å². The lowest BCUT2D eigenvalue weighted by atomic mass is 10.2. The van der Waals surface area contributed by atoms with Crippen LogP contribution in [0.2, 0.25) is 0 Å². The van der Waals surface area contributed by atoms with E-state index in [4.69, 9.17) is 10.7 Å². The highest BCUT2D eigenvalue weighted by Gasteiger charge is 2.21. The van der Waals surface area contributed by atoms with Crippen molar-refractivity contribution >= 4 is 31.1 Å². The molecule has 6 nitrogen and oxygen atoms in total. The van der Waals surface area contributed by atoms with Gasteiger partial charge in [0.15, 0.2) is 0 Å². The van der Waals surface area contributed by atoms with E-state index in [2.05, 4.69) is 0 Å². The number of nitrogens with zero attached hydrogens (tertiary/aromatic N) is 2. The first-order chi connectivity index (χ1) is 7.23. The van der Waals surface area contributed by atoms with Gasteiger partial charge < -0.3 is 4.90 Å². The van der Waals surface area contributed by atoms with E-state index < -0.39 is 14.0 Å². The van der Waals surface area contributed by atoms with E-state index in [0.29, 0.717) is 5.69 Å². The van der Waals surface area contributed by atoms with E-state index in [1.807, 2.05) is 0 Å². The second kappa shape index (κ2) is 4.26. The van der Waals surface area contributed by atoms with Gasteiger partial charge in [-0.3, -0.25) is 10.1 Å². The van der Waals surface area contributed by atoms with Crippen LogP contribution in [0.4, 0.5) is 11.4 Å². The summed E-state index contributed by atoms with van der Waals surface area (Å²) < 4.78 is 22.5. The van der Waals surface area contributed by atoms with Gasteiger partial charge in [-0.1, -0.05) is 0 Å². The molecular formula is C8H9ClN2O4S. The molecule has 0 radical (unpaired) electrons. The molecule has 0 saturated heterocycles. The van der Waals surface area contributed by atoms with Crippen LogP contribution >= 0.6 is 10.7 Å². The van der Waals surface area contributed by atoms with Gasteiger partial charge in [-0.05, 0) is 6.07 Å². The molecular weight excluding hydrogens is 256 g/mol. The minimum Gasteiger partial charge on any atom is -0.377 e. The van der Waals surface area contributed by atoms with Gasteiger partial charge in [-0.15, -0.1) is 0 Å². The van der Waals surface area contributed by atoms with Crippen molar-refractivity contribution in [3.8, 4) is 0 Å². The molecule has 0 saturated carbocycles. The molecule has 16 heavy (non-hydrogen) atoms. The summed E-state index contributed by atoms with van der Waals surface area (Å²) in [7, 11) is 4.43. The van der Waals surface area contributed by atoms with Gasteiger partial charge in [0.1, 0.15) is 4.90 Å². The Bertz CT molecular complexity index is 527. The Morgan fingerprint density at radius 1 is 1.38 bits per heavy atom. The number of non-ortho nitro benzene ring substituents is 1. The van der Waals surface area contributed by atoms with Crippen LogP contribution in [0.1, 0.15) is 0 Å². The van der Waals surface area contributed by atoms with Crippen LogP contribution in [-0.2, 0) is 9.05 Å². The quantitative estimate of drug-likeness (QED) is 0.470. The van der Waals surface area contributed by atoms with Gasteiger partial charge in [-0.2, -0.15) is 0 Å². The molecule has 0 aliphatic heterocycles. The van der Waals surface area contributed by atoms with E-state index in [1.165, 1.54) is 17.0 Å². The van der Waals surface area contributed by atoms with E-state index >= 15 is 0 Å². The number of halogens is 1. The number of hydrogen-bond acceptors (Lipinski definition) is 5. The lowest BCUT2D eigenvalue weighted by molar-refractivity contribution is -0.385. The topological polar surface area (TPSA) is 80.5 Å². The number of hydrogen-bond donors (Lipinski definition) is 0. The van der Waals surface area contributed by atoms with Gasteiger partial charge in [-0.25, -0.2) is 8.42 Å². The van der Waals surface area contributed by atoms with Crippen LogP contribution in [0.25, 0.3) is 0 Å². The van der Waals surface area contributed by atoms with Gasteiger partial charge >= 0.3 is 0 Å². The molecule has 88 valence electrons. The third-order valence-electron chi connectivity index (χ3n) is 1.90. The van der Waals surface area contributed by atoms with Crippen molar-refractivity contribution in [2.75, 3.05) is 19.0 Å². The largest absolute Gasteiger partial charge is 0.377 e. The molecule has 0 amide bonds. The minimum absolute atomic E-state index is 0.270. The zero-order valence-electron chi connectivity index (χ0n) is 8.55. The summed E-state index contributed by atoms with van der Waals surface area (Å²) in [5.41, 5.74) is -0.00887. The van der Waals surface area contributed by atoms with Crippen LogP contribution in [0.3, 0.4) is 0 Å². The molecule has 0 aromatic heterocycles. The summed E-state index contributed by atoms with van der Waals surface area (Å²) >= 11 is 0. The third-order valence-corrected chi connectivity index (χ3v) is 3.25. The number of rotatable bonds is 3. The molecule has 8 heteroatoms. The van der Waals surface area contributed by atoms with Crippen LogP contribution in [0.15, 0.2) is 23.1 Å². The van der Waals surface area contributed by atoms with Crippen LogP contribution in [-0.4, -0.2) is 27.4 Å². The first-order valence-corrected chi connectivity index (χ1v) is 6.45. The average molecular weight is 265 g/mol. The molecule has 0 heterocycles. The molecule has 0 bridgehead atoms. The zero-order valence-corrected chi connectivity index (χ0v) is 10.1. The van der Waals surface area contributed by atoms with E-state index in [-0.39, 0.29) is 10.6 Å². The van der Waals surface area contributed by atoms with Crippen LogP contribution < -0.4 is 4.90 Å². The molecule has 0 aliphatic carbocycles. The second-order valence-electron chi connectivity index (χ2n) is 3.24. The number of nitro benzene ring substituents is 1. The minimum atomic E-state index is -4.01. The van der Waals surface area contributed by atoms with Gasteiger partial charge in [0.05, 0.1) is 10.6 Å². The maximum atomic E-state index is 11.2. The molecule has 0 unspecified atom stereocenters. The fraction of sp³-hybridized carbons (Fsp3) is 0.250. The Balaban J connectivity index is 3.51. The second-order valence-corrected chi connectivity index (χ2v) is 5.78. The Hall–Kier alpha value is -1.34. The lowest BCUT2D eigenvalue weighted by Crippen LogP contribution is -2.12. The monoisotopic (exact) mass is 264 g/mol. The average Bonchev–Trinajstić information content (AvgIpc) is 2.15. The first-order valence-electron chi connectivity index (χ1n) is 4.14. The summed E-state index contributed by atoms with van der Waals surface area (Å²) in [5, 5.41) is 10.5. The zero-order chi connectivity index (χ0) is 12.5. The van der Waals surface area contributed by atoms with Gasteiger partial charge in [0.2, 0.25) is 0 Å². The molecule has 1 aromatic carbocycles. The highest BCUT2D eigenvalue weighted by molar-refractivity contribution is 8.13. The summed E-state index contributed by atoms with van der Waals surface area (Å²) in [6.07, 6.45) is 0. The molecule has 1 rings (SSSR count). The predicted octanol–water partition coefficient (Wildman–Crippen LogP) is 1.59. The van der Waals surface area contributed by atoms with Crippen LogP contribution in [0.5, 0.6) is 0 Å². The molecule has 0 aliphatic rings. The Morgan fingerprint density at radius 2 is 1.94 bits per heavy atom. The van der Waals surface area contributed by atoms with E-state index in [1.54, 1.807) is 14.1 Å². The Labute approximate surface area is 97.0 Å². The normalized spacial score (nSPS) is 11.2. The Kier molecular flexibility index (Phi) is 3.39. The maximum Gasteiger partial charge on any atom is 0.270 e. The van der Waals surface area contributed by atoms with Crippen molar-refractivity contribution in [1.82, 2.24) is 0 Å². The maximum absolute atomic E-state index is 11.2. The smallest absolute Gasteiger partial charge is 0.270 e. The summed E-state index contributed by atoms with van der Waals surface area (Å²) in [4.78, 5) is 11.1. The predicted molar refractivity (Wildman–Crippen MR) is 60.5 cm³/mol. The van der Waals surface area contributed by atoms with Crippen molar-refractivity contribution in [2.45, 2.75) is 4.90 Å². The summed E-state index contributed by atoms with van der Waals surface area (Å²) in [5.74, 6) is 0. The molecule has 0 atom stereocenters. The molecule has 0 spiro atoms. The summed E-state index contributed by atoms with van der Waals surface area (Å²) in [6, 6.07) is 3.51. The van der Waals surface area contributed by atoms with Crippen LogP contribution in [0, 0.1) is 10.1 Å². The SMILES string of the molecule is CN(C)c1ccc([N+](=O)[O-])cc1S(=O)(=O)Cl.